The van der Waals surface area contributed by atoms with E-state index in [9.17, 15) is 17.6 Å². The van der Waals surface area contributed by atoms with Crippen LogP contribution in [0.25, 0.3) is 0 Å². The Morgan fingerprint density at radius 2 is 2.10 bits per heavy atom. The lowest BCUT2D eigenvalue weighted by Crippen LogP contribution is -2.14. The molecule has 0 atom stereocenters. The molecule has 1 N–H and O–H groups in total. The molecule has 0 saturated carbocycles. The van der Waals surface area contributed by atoms with Gasteiger partial charge in [-0.1, -0.05) is 29.0 Å². The average molecular weight is 369 g/mol. The molecule has 1 heterocycles. The van der Waals surface area contributed by atoms with Crippen LogP contribution >= 0.6 is 33.6 Å². The van der Waals surface area contributed by atoms with Gasteiger partial charge >= 0.3 is 0 Å². The number of nitrogens with zero attached hydrogens (tertiary/aromatic N) is 1. The third kappa shape index (κ3) is 3.52. The van der Waals surface area contributed by atoms with E-state index < -0.39 is 20.8 Å². The van der Waals surface area contributed by atoms with Gasteiger partial charge in [0, 0.05) is 10.7 Å². The molecule has 0 aliphatic rings. The molecule has 21 heavy (non-hydrogen) atoms. The van der Waals surface area contributed by atoms with Gasteiger partial charge in [-0.15, -0.1) is 0 Å². The molecule has 2 rings (SSSR count). The van der Waals surface area contributed by atoms with E-state index in [0.717, 1.165) is 6.07 Å². The summed E-state index contributed by atoms with van der Waals surface area (Å²) in [6, 6.07) is 3.81. The number of carbonyl (C=O) groups is 1. The van der Waals surface area contributed by atoms with Crippen molar-refractivity contribution < 1.29 is 17.6 Å². The number of aryl methyl sites for hydroxylation is 1. The Hall–Kier alpha value is -1.22. The summed E-state index contributed by atoms with van der Waals surface area (Å²) in [5, 5.41) is 2.21. The first-order valence-corrected chi connectivity index (χ1v) is 8.88. The normalized spacial score (nSPS) is 11.4. The molecule has 10 heteroatoms. The molecule has 0 unspecified atom stereocenters. The maximum Gasteiger partial charge on any atom is 0.272 e. The second-order valence-electron chi connectivity index (χ2n) is 3.88. The van der Waals surface area contributed by atoms with Crippen molar-refractivity contribution in [2.75, 3.05) is 5.32 Å². The summed E-state index contributed by atoms with van der Waals surface area (Å²) in [4.78, 5) is 15.8. The van der Waals surface area contributed by atoms with Crippen LogP contribution in [-0.4, -0.2) is 19.3 Å². The minimum absolute atomic E-state index is 0.0176. The molecule has 2 aromatic rings. The van der Waals surface area contributed by atoms with Crippen molar-refractivity contribution in [3.8, 4) is 0 Å². The molecule has 0 spiro atoms. The molecule has 0 fully saturated rings. The van der Waals surface area contributed by atoms with Crippen molar-refractivity contribution in [2.45, 2.75) is 11.1 Å². The van der Waals surface area contributed by atoms with E-state index in [0.29, 0.717) is 11.3 Å². The van der Waals surface area contributed by atoms with Gasteiger partial charge in [0.2, 0.25) is 0 Å². The number of benzene rings is 1. The van der Waals surface area contributed by atoms with E-state index in [-0.39, 0.29) is 25.6 Å². The van der Waals surface area contributed by atoms with Gasteiger partial charge in [-0.05, 0) is 19.1 Å². The molecule has 1 aromatic carbocycles. The fourth-order valence-corrected chi connectivity index (χ4v) is 4.13. The monoisotopic (exact) mass is 368 g/mol. The van der Waals surface area contributed by atoms with Crippen LogP contribution in [0, 0.1) is 12.7 Å². The molecule has 0 saturated heterocycles. The van der Waals surface area contributed by atoms with Crippen LogP contribution in [-0.2, 0) is 9.05 Å². The summed E-state index contributed by atoms with van der Waals surface area (Å²) in [6.45, 7) is 1.43. The zero-order chi connectivity index (χ0) is 15.8. The lowest BCUT2D eigenvalue weighted by atomic mass is 10.2. The smallest absolute Gasteiger partial charge is 0.272 e. The first-order valence-electron chi connectivity index (χ1n) is 5.37. The van der Waals surface area contributed by atoms with Crippen LogP contribution in [0.3, 0.4) is 0 Å². The van der Waals surface area contributed by atoms with Gasteiger partial charge in [-0.2, -0.15) is 0 Å². The summed E-state index contributed by atoms with van der Waals surface area (Å²) < 4.78 is 36.0. The van der Waals surface area contributed by atoms with Gasteiger partial charge in [-0.25, -0.2) is 17.8 Å². The highest BCUT2D eigenvalue weighted by Crippen LogP contribution is 2.30. The van der Waals surface area contributed by atoms with Gasteiger partial charge in [-0.3, -0.25) is 10.1 Å². The Kier molecular flexibility index (Phi) is 4.52. The Labute approximate surface area is 133 Å². The number of carbonyl (C=O) groups excluding carboxylic acids is 1. The predicted molar refractivity (Wildman–Crippen MR) is 79.3 cm³/mol. The Morgan fingerprint density at radius 1 is 1.43 bits per heavy atom. The summed E-state index contributed by atoms with van der Waals surface area (Å²) in [5.74, 6) is -1.62. The first kappa shape index (κ1) is 16.2. The minimum atomic E-state index is -3.95. The van der Waals surface area contributed by atoms with E-state index in [1.165, 1.54) is 19.1 Å². The molecule has 0 aliphatic heterocycles. The highest BCUT2D eigenvalue weighted by Gasteiger charge is 2.22. The van der Waals surface area contributed by atoms with Crippen molar-refractivity contribution in [1.82, 2.24) is 4.98 Å². The van der Waals surface area contributed by atoms with Gasteiger partial charge in [0.1, 0.15) is 5.82 Å². The van der Waals surface area contributed by atoms with Crippen LogP contribution in [0.5, 0.6) is 0 Å². The fraction of sp³-hybridized carbons (Fsp3) is 0.0909. The molecular formula is C11H7Cl2FN2O3S2. The molecule has 112 valence electrons. The maximum absolute atomic E-state index is 13.6. The lowest BCUT2D eigenvalue weighted by molar-refractivity contribution is 0.102. The summed E-state index contributed by atoms with van der Waals surface area (Å²) >= 11 is 6.44. The minimum Gasteiger partial charge on any atom is -0.298 e. The lowest BCUT2D eigenvalue weighted by Gasteiger charge is -2.04. The topological polar surface area (TPSA) is 76.1 Å². The van der Waals surface area contributed by atoms with Gasteiger partial charge in [0.05, 0.1) is 16.3 Å². The molecule has 0 radical (unpaired) electrons. The molecular weight excluding hydrogens is 362 g/mol. The van der Waals surface area contributed by atoms with E-state index in [4.69, 9.17) is 22.3 Å². The van der Waals surface area contributed by atoms with Crippen LogP contribution in [0.15, 0.2) is 22.4 Å². The molecule has 0 bridgehead atoms. The Morgan fingerprint density at radius 3 is 2.62 bits per heavy atom. The van der Waals surface area contributed by atoms with Crippen LogP contribution < -0.4 is 5.32 Å². The number of rotatable bonds is 3. The number of nitrogens with one attached hydrogen (secondary N) is 1. The van der Waals surface area contributed by atoms with Crippen molar-refractivity contribution in [1.29, 1.82) is 0 Å². The standard InChI is InChI=1S/C11H7Cl2FN2O3S2/c1-5-10(21(13,18)19)20-11(15-5)16-9(17)8-6(12)3-2-4-7(8)14/h2-4H,1H3,(H,15,16,17). The third-order valence-corrected chi connectivity index (χ3v) is 5.95. The van der Waals surface area contributed by atoms with Crippen molar-refractivity contribution >= 4 is 53.7 Å². The average Bonchev–Trinajstić information content (AvgIpc) is 2.69. The first-order chi connectivity index (χ1) is 9.70. The third-order valence-electron chi connectivity index (χ3n) is 2.39. The largest absolute Gasteiger partial charge is 0.298 e. The number of anilines is 1. The van der Waals surface area contributed by atoms with E-state index in [1.54, 1.807) is 0 Å². The predicted octanol–water partition coefficient (Wildman–Crippen LogP) is 3.42. The summed E-state index contributed by atoms with van der Waals surface area (Å²) in [6.07, 6.45) is 0. The molecule has 0 aliphatic carbocycles. The van der Waals surface area contributed by atoms with Gasteiger partial charge in [0.25, 0.3) is 15.0 Å². The van der Waals surface area contributed by atoms with Gasteiger partial charge < -0.3 is 0 Å². The van der Waals surface area contributed by atoms with Crippen molar-refractivity contribution in [3.05, 3.63) is 40.3 Å². The van der Waals surface area contributed by atoms with Crippen LogP contribution in [0.2, 0.25) is 5.02 Å². The summed E-state index contributed by atoms with van der Waals surface area (Å²) in [7, 11) is 1.28. The fourth-order valence-electron chi connectivity index (χ4n) is 1.54. The second kappa shape index (κ2) is 5.88. The van der Waals surface area contributed by atoms with Crippen LogP contribution in [0.1, 0.15) is 16.1 Å². The van der Waals surface area contributed by atoms with Gasteiger partial charge in [0.15, 0.2) is 9.34 Å². The maximum atomic E-state index is 13.6. The van der Waals surface area contributed by atoms with E-state index in [2.05, 4.69) is 10.3 Å². The SMILES string of the molecule is Cc1nc(NC(=O)c2c(F)cccc2Cl)sc1S(=O)(=O)Cl. The highest BCUT2D eigenvalue weighted by molar-refractivity contribution is 8.15. The highest BCUT2D eigenvalue weighted by atomic mass is 35.7. The molecule has 1 aromatic heterocycles. The zero-order valence-electron chi connectivity index (χ0n) is 10.4. The van der Waals surface area contributed by atoms with E-state index >= 15 is 0 Å². The van der Waals surface area contributed by atoms with Crippen LogP contribution in [0.4, 0.5) is 9.52 Å². The number of thiazole rings is 1. The number of aromatic nitrogens is 1. The Balaban J connectivity index is 2.33. The quantitative estimate of drug-likeness (QED) is 0.842. The number of halogens is 3. The van der Waals surface area contributed by atoms with Crippen molar-refractivity contribution in [2.24, 2.45) is 0 Å². The van der Waals surface area contributed by atoms with Crippen molar-refractivity contribution in [3.63, 3.8) is 0 Å². The summed E-state index contributed by atoms with van der Waals surface area (Å²) in [5.41, 5.74) is -0.202. The van der Waals surface area contributed by atoms with E-state index in [1.807, 2.05) is 0 Å². The molecule has 5 nitrogen and oxygen atoms in total. The number of amides is 1. The zero-order valence-corrected chi connectivity index (χ0v) is 13.5. The second-order valence-corrected chi connectivity index (χ2v) is 8.05. The molecule has 1 amide bonds. The number of hydrogen-bond acceptors (Lipinski definition) is 5. The Bertz CT molecular complexity index is 801. The number of hydrogen-bond donors (Lipinski definition) is 1.